The molecule has 2 fully saturated rings. The zero-order valence-corrected chi connectivity index (χ0v) is 17.3. The molecule has 2 atom stereocenters. The average molecular weight is 414 g/mol. The standard InChI is InChI=1S/C21H27FN6O2/c1-12-18-16(20(29)28(24)21(30)27(18)15-4-5-15)10-17(22)19(12)26-9-6-14(11-26)13(2)25-8-3-7-23/h10,13-15,25H,3-6,8-9,11,24H2,1-2H3. The lowest BCUT2D eigenvalue weighted by molar-refractivity contribution is 0.406. The zero-order chi connectivity index (χ0) is 21.6. The Morgan fingerprint density at radius 3 is 2.77 bits per heavy atom. The van der Waals surface area contributed by atoms with E-state index in [1.165, 1.54) is 6.07 Å². The summed E-state index contributed by atoms with van der Waals surface area (Å²) in [5, 5.41) is 12.2. The number of nitrogens with zero attached hydrogens (tertiary/aromatic N) is 4. The van der Waals surface area contributed by atoms with Gasteiger partial charge in [0.1, 0.15) is 5.82 Å². The molecule has 30 heavy (non-hydrogen) atoms. The maximum Gasteiger partial charge on any atom is 0.350 e. The van der Waals surface area contributed by atoms with E-state index >= 15 is 4.39 Å². The van der Waals surface area contributed by atoms with Gasteiger partial charge >= 0.3 is 5.69 Å². The van der Waals surface area contributed by atoms with Gasteiger partial charge in [-0.15, -0.1) is 0 Å². The third kappa shape index (κ3) is 3.35. The van der Waals surface area contributed by atoms with E-state index in [1.54, 1.807) is 11.5 Å². The number of rotatable bonds is 6. The first-order valence-electron chi connectivity index (χ1n) is 10.5. The van der Waals surface area contributed by atoms with Gasteiger partial charge in [-0.2, -0.15) is 9.94 Å². The number of anilines is 1. The van der Waals surface area contributed by atoms with Crippen molar-refractivity contribution in [3.05, 3.63) is 38.3 Å². The molecule has 1 aromatic heterocycles. The number of nitrogen functional groups attached to an aromatic ring is 1. The molecule has 1 aliphatic carbocycles. The third-order valence-electron chi connectivity index (χ3n) is 6.43. The van der Waals surface area contributed by atoms with Crippen molar-refractivity contribution in [3.8, 4) is 6.07 Å². The van der Waals surface area contributed by atoms with Gasteiger partial charge in [0.25, 0.3) is 5.56 Å². The van der Waals surface area contributed by atoms with Gasteiger partial charge in [-0.1, -0.05) is 0 Å². The number of hydrogen-bond donors (Lipinski definition) is 2. The van der Waals surface area contributed by atoms with Crippen LogP contribution in [0.2, 0.25) is 0 Å². The van der Waals surface area contributed by atoms with Crippen LogP contribution in [0.1, 0.15) is 44.2 Å². The first-order valence-corrected chi connectivity index (χ1v) is 10.5. The number of nitrogens with two attached hydrogens (primary N) is 1. The summed E-state index contributed by atoms with van der Waals surface area (Å²) in [7, 11) is 0. The van der Waals surface area contributed by atoms with E-state index in [2.05, 4.69) is 18.3 Å². The van der Waals surface area contributed by atoms with Crippen LogP contribution < -0.4 is 27.3 Å². The minimum Gasteiger partial charge on any atom is -0.369 e. The van der Waals surface area contributed by atoms with Gasteiger partial charge in [0.15, 0.2) is 0 Å². The molecule has 2 heterocycles. The highest BCUT2D eigenvalue weighted by Gasteiger charge is 2.33. The number of nitrogens with one attached hydrogen (secondary N) is 1. The lowest BCUT2D eigenvalue weighted by Gasteiger charge is -2.25. The molecule has 1 aromatic carbocycles. The van der Waals surface area contributed by atoms with E-state index in [0.29, 0.717) is 53.4 Å². The molecular weight excluding hydrogens is 387 g/mol. The summed E-state index contributed by atoms with van der Waals surface area (Å²) in [6.07, 6.45) is 3.04. The normalized spacial score (nSPS) is 19.9. The summed E-state index contributed by atoms with van der Waals surface area (Å²) in [5.74, 6) is 5.54. The number of hydrogen-bond acceptors (Lipinski definition) is 6. The quantitative estimate of drug-likeness (QED) is 0.546. The molecule has 2 aromatic rings. The van der Waals surface area contributed by atoms with Gasteiger partial charge in [-0.3, -0.25) is 9.36 Å². The second kappa shape index (κ2) is 7.76. The molecule has 0 amide bonds. The molecule has 160 valence electrons. The smallest absolute Gasteiger partial charge is 0.350 e. The van der Waals surface area contributed by atoms with Crippen LogP contribution in [0.15, 0.2) is 15.7 Å². The first kappa shape index (κ1) is 20.4. The predicted octanol–water partition coefficient (Wildman–Crippen LogP) is 1.38. The topological polar surface area (TPSA) is 109 Å². The summed E-state index contributed by atoms with van der Waals surface area (Å²) in [4.78, 5) is 27.3. The Bertz CT molecular complexity index is 1140. The van der Waals surface area contributed by atoms with Crippen molar-refractivity contribution in [1.82, 2.24) is 14.6 Å². The summed E-state index contributed by atoms with van der Waals surface area (Å²) in [5.41, 5.74) is 0.337. The Morgan fingerprint density at radius 2 is 2.10 bits per heavy atom. The highest BCUT2D eigenvalue weighted by Crippen LogP contribution is 2.39. The van der Waals surface area contributed by atoms with Crippen molar-refractivity contribution in [1.29, 1.82) is 5.26 Å². The third-order valence-corrected chi connectivity index (χ3v) is 6.43. The fourth-order valence-corrected chi connectivity index (χ4v) is 4.64. The number of halogens is 1. The average Bonchev–Trinajstić information content (AvgIpc) is 3.44. The molecule has 0 radical (unpaired) electrons. The number of nitriles is 1. The molecule has 2 aliphatic rings. The van der Waals surface area contributed by atoms with Gasteiger partial charge in [0.2, 0.25) is 0 Å². The molecule has 0 spiro atoms. The van der Waals surface area contributed by atoms with Crippen molar-refractivity contribution in [3.63, 3.8) is 0 Å². The zero-order valence-electron chi connectivity index (χ0n) is 17.3. The Morgan fingerprint density at radius 1 is 1.37 bits per heavy atom. The fourth-order valence-electron chi connectivity index (χ4n) is 4.64. The van der Waals surface area contributed by atoms with Crippen LogP contribution >= 0.6 is 0 Å². The molecule has 1 saturated carbocycles. The van der Waals surface area contributed by atoms with Gasteiger partial charge < -0.3 is 16.1 Å². The lowest BCUT2D eigenvalue weighted by atomic mass is 10.0. The molecule has 1 aliphatic heterocycles. The monoisotopic (exact) mass is 414 g/mol. The van der Waals surface area contributed by atoms with Crippen LogP contribution in [0, 0.1) is 30.0 Å². The van der Waals surface area contributed by atoms with E-state index in [4.69, 9.17) is 11.1 Å². The molecule has 0 bridgehead atoms. The molecular formula is C21H27FN6O2. The highest BCUT2D eigenvalue weighted by atomic mass is 19.1. The maximum absolute atomic E-state index is 15.2. The van der Waals surface area contributed by atoms with Crippen LogP contribution in [-0.4, -0.2) is 34.9 Å². The molecule has 4 rings (SSSR count). The van der Waals surface area contributed by atoms with Crippen molar-refractivity contribution < 1.29 is 4.39 Å². The Kier molecular flexibility index (Phi) is 5.28. The van der Waals surface area contributed by atoms with Crippen molar-refractivity contribution in [2.75, 3.05) is 30.4 Å². The largest absolute Gasteiger partial charge is 0.369 e. The van der Waals surface area contributed by atoms with E-state index in [1.807, 2.05) is 4.90 Å². The van der Waals surface area contributed by atoms with Crippen molar-refractivity contribution in [2.24, 2.45) is 5.92 Å². The first-order chi connectivity index (χ1) is 14.3. The summed E-state index contributed by atoms with van der Waals surface area (Å²) < 4.78 is 17.3. The van der Waals surface area contributed by atoms with E-state index < -0.39 is 17.1 Å². The summed E-state index contributed by atoms with van der Waals surface area (Å²) in [6.45, 7) is 5.87. The number of benzene rings is 1. The van der Waals surface area contributed by atoms with Crippen LogP contribution in [0.5, 0.6) is 0 Å². The molecule has 9 heteroatoms. The number of aryl methyl sites for hydroxylation is 1. The van der Waals surface area contributed by atoms with Gasteiger partial charge in [-0.05, 0) is 45.1 Å². The molecule has 2 unspecified atom stereocenters. The van der Waals surface area contributed by atoms with Crippen LogP contribution in [-0.2, 0) is 0 Å². The second-order valence-corrected chi connectivity index (χ2v) is 8.43. The molecule has 8 nitrogen and oxygen atoms in total. The number of aromatic nitrogens is 2. The maximum atomic E-state index is 15.2. The highest BCUT2D eigenvalue weighted by molar-refractivity contribution is 5.87. The summed E-state index contributed by atoms with van der Waals surface area (Å²) >= 11 is 0. The minimum absolute atomic E-state index is 0.00287. The predicted molar refractivity (Wildman–Crippen MR) is 114 cm³/mol. The SMILES string of the molecule is Cc1c(N2CCC(C(C)NCCC#N)C2)c(F)cc2c(=O)n(N)c(=O)n(C3CC3)c12. The Balaban J connectivity index is 1.74. The van der Waals surface area contributed by atoms with Crippen molar-refractivity contribution in [2.45, 2.75) is 51.6 Å². The number of fused-ring (bicyclic) bond motifs is 1. The van der Waals surface area contributed by atoms with Crippen LogP contribution in [0.25, 0.3) is 10.9 Å². The lowest BCUT2D eigenvalue weighted by Crippen LogP contribution is -2.44. The van der Waals surface area contributed by atoms with Crippen molar-refractivity contribution >= 4 is 16.6 Å². The Labute approximate surface area is 173 Å². The second-order valence-electron chi connectivity index (χ2n) is 8.43. The van der Waals surface area contributed by atoms with Gasteiger partial charge in [-0.25, -0.2) is 9.18 Å². The summed E-state index contributed by atoms with van der Waals surface area (Å²) in [6, 6.07) is 3.56. The fraction of sp³-hybridized carbons (Fsp3) is 0.571. The van der Waals surface area contributed by atoms with Crippen LogP contribution in [0.3, 0.4) is 0 Å². The van der Waals surface area contributed by atoms with Gasteiger partial charge in [0, 0.05) is 43.7 Å². The van der Waals surface area contributed by atoms with Gasteiger partial charge in [0.05, 0.1) is 22.7 Å². The van der Waals surface area contributed by atoms with E-state index in [-0.39, 0.29) is 17.5 Å². The Hall–Kier alpha value is -2.86. The molecule has 1 saturated heterocycles. The minimum atomic E-state index is -0.671. The van der Waals surface area contributed by atoms with Crippen LogP contribution in [0.4, 0.5) is 10.1 Å². The molecule has 3 N–H and O–H groups in total. The van der Waals surface area contributed by atoms with E-state index in [0.717, 1.165) is 19.3 Å². The van der Waals surface area contributed by atoms with E-state index in [9.17, 15) is 9.59 Å².